The first-order valence-electron chi connectivity index (χ1n) is 6.29. The molecule has 0 aliphatic heterocycles. The van der Waals surface area contributed by atoms with Gasteiger partial charge in [-0.3, -0.25) is 4.79 Å². The van der Waals surface area contributed by atoms with Crippen LogP contribution in [0, 0.1) is 5.92 Å². The van der Waals surface area contributed by atoms with E-state index in [1.165, 1.54) is 18.2 Å². The Labute approximate surface area is 121 Å². The van der Waals surface area contributed by atoms with Crippen molar-refractivity contribution >= 4 is 23.3 Å². The Kier molecular flexibility index (Phi) is 4.34. The molecule has 1 aliphatic rings. The zero-order valence-electron chi connectivity index (χ0n) is 10.7. The van der Waals surface area contributed by atoms with Crippen molar-refractivity contribution in [3.63, 3.8) is 0 Å². The van der Waals surface area contributed by atoms with Crippen LogP contribution >= 0.6 is 11.6 Å². The monoisotopic (exact) mass is 297 g/mol. The van der Waals surface area contributed by atoms with E-state index in [9.17, 15) is 9.90 Å². The number of carbonyl (C=O) groups excluding carboxylic acids is 1. The summed E-state index contributed by atoms with van der Waals surface area (Å²) in [6.07, 6.45) is 2.40. The topological polar surface area (TPSA) is 108 Å². The average Bonchev–Trinajstić information content (AvgIpc) is 2.85. The van der Waals surface area contributed by atoms with E-state index in [1.54, 1.807) is 0 Å². The molecule has 1 aromatic carbocycles. The molecule has 1 saturated carbocycles. The minimum atomic E-state index is -0.401. The Morgan fingerprint density at radius 2 is 2.20 bits per heavy atom. The van der Waals surface area contributed by atoms with Gasteiger partial charge in [0.1, 0.15) is 11.6 Å². The van der Waals surface area contributed by atoms with Gasteiger partial charge >= 0.3 is 0 Å². The zero-order valence-corrected chi connectivity index (χ0v) is 11.5. The van der Waals surface area contributed by atoms with Crippen LogP contribution in [-0.2, 0) is 0 Å². The molecule has 2 unspecified atom stereocenters. The fourth-order valence-corrected chi connectivity index (χ4v) is 2.67. The Morgan fingerprint density at radius 3 is 2.85 bits per heavy atom. The first-order valence-corrected chi connectivity index (χ1v) is 6.67. The number of nitrogens with zero attached hydrogens (tertiary/aromatic N) is 1. The molecule has 0 saturated heterocycles. The largest absolute Gasteiger partial charge is 0.507 e. The van der Waals surface area contributed by atoms with Crippen LogP contribution in [0.1, 0.15) is 29.6 Å². The van der Waals surface area contributed by atoms with E-state index in [-0.39, 0.29) is 29.1 Å². The van der Waals surface area contributed by atoms with Gasteiger partial charge in [0.25, 0.3) is 5.91 Å². The average molecular weight is 298 g/mol. The van der Waals surface area contributed by atoms with E-state index in [4.69, 9.17) is 22.5 Å². The quantitative estimate of drug-likeness (QED) is 0.295. The molecule has 0 aromatic heterocycles. The molecule has 1 aromatic rings. The Morgan fingerprint density at radius 1 is 1.45 bits per heavy atom. The van der Waals surface area contributed by atoms with Crippen molar-refractivity contribution in [1.82, 2.24) is 5.32 Å². The van der Waals surface area contributed by atoms with Crippen LogP contribution in [0.2, 0.25) is 5.02 Å². The van der Waals surface area contributed by atoms with Crippen molar-refractivity contribution in [1.29, 1.82) is 0 Å². The number of hydrogen-bond acceptors (Lipinski definition) is 4. The van der Waals surface area contributed by atoms with Crippen molar-refractivity contribution in [3.05, 3.63) is 28.8 Å². The van der Waals surface area contributed by atoms with E-state index in [1.807, 2.05) is 0 Å². The highest BCUT2D eigenvalue weighted by Crippen LogP contribution is 2.27. The zero-order chi connectivity index (χ0) is 14.7. The van der Waals surface area contributed by atoms with Crippen molar-refractivity contribution in [2.75, 3.05) is 0 Å². The number of nitrogens with two attached hydrogens (primary N) is 1. The highest BCUT2D eigenvalue weighted by molar-refractivity contribution is 6.30. The first kappa shape index (κ1) is 14.5. The second-order valence-electron chi connectivity index (χ2n) is 4.80. The predicted molar refractivity (Wildman–Crippen MR) is 75.1 cm³/mol. The molecule has 5 N–H and O–H groups in total. The number of aromatic hydroxyl groups is 1. The van der Waals surface area contributed by atoms with Crippen LogP contribution in [-0.4, -0.2) is 28.1 Å². The lowest BCUT2D eigenvalue weighted by molar-refractivity contribution is 0.0930. The molecule has 0 radical (unpaired) electrons. The number of amides is 1. The second-order valence-corrected chi connectivity index (χ2v) is 5.24. The molecule has 20 heavy (non-hydrogen) atoms. The summed E-state index contributed by atoms with van der Waals surface area (Å²) in [6.45, 7) is 0. The number of phenols is 1. The van der Waals surface area contributed by atoms with Crippen LogP contribution < -0.4 is 11.1 Å². The summed E-state index contributed by atoms with van der Waals surface area (Å²) in [5, 5.41) is 24.6. The maximum atomic E-state index is 12.1. The standard InChI is InChI=1S/C13H16ClN3O3/c14-7-4-5-9(11(18)6-7)13(19)16-10-3-1-2-8(10)12(15)17-20/h4-6,8,10,18,20H,1-3H2,(H2,15,17)(H,16,19). The van der Waals surface area contributed by atoms with Crippen molar-refractivity contribution in [2.24, 2.45) is 16.8 Å². The predicted octanol–water partition coefficient (Wildman–Crippen LogP) is 1.69. The van der Waals surface area contributed by atoms with Gasteiger partial charge in [-0.15, -0.1) is 0 Å². The Hall–Kier alpha value is -1.95. The lowest BCUT2D eigenvalue weighted by Crippen LogP contribution is -2.42. The van der Waals surface area contributed by atoms with Crippen LogP contribution in [0.4, 0.5) is 0 Å². The van der Waals surface area contributed by atoms with Crippen molar-refractivity contribution in [2.45, 2.75) is 25.3 Å². The van der Waals surface area contributed by atoms with Gasteiger partial charge in [0, 0.05) is 17.0 Å². The third kappa shape index (κ3) is 2.96. The molecule has 0 bridgehead atoms. The van der Waals surface area contributed by atoms with Crippen LogP contribution in [0.5, 0.6) is 5.75 Å². The molecule has 0 spiro atoms. The highest BCUT2D eigenvalue weighted by atomic mass is 35.5. The summed E-state index contributed by atoms with van der Waals surface area (Å²) < 4.78 is 0. The number of benzene rings is 1. The third-order valence-corrected chi connectivity index (χ3v) is 3.77. The van der Waals surface area contributed by atoms with Gasteiger partial charge in [-0.25, -0.2) is 0 Å². The maximum absolute atomic E-state index is 12.1. The van der Waals surface area contributed by atoms with Gasteiger partial charge in [-0.2, -0.15) is 0 Å². The molecule has 1 aliphatic carbocycles. The minimum Gasteiger partial charge on any atom is -0.507 e. The van der Waals surface area contributed by atoms with Crippen LogP contribution in [0.15, 0.2) is 23.4 Å². The second kappa shape index (κ2) is 6.00. The molecule has 1 amide bonds. The van der Waals surface area contributed by atoms with Gasteiger partial charge in [0.15, 0.2) is 0 Å². The van der Waals surface area contributed by atoms with Crippen molar-refractivity contribution < 1.29 is 15.1 Å². The molecule has 0 heterocycles. The highest BCUT2D eigenvalue weighted by Gasteiger charge is 2.32. The summed E-state index contributed by atoms with van der Waals surface area (Å²) in [5.74, 6) is -0.637. The minimum absolute atomic E-state index is 0.119. The number of nitrogens with one attached hydrogen (secondary N) is 1. The normalized spacial score (nSPS) is 22.8. The maximum Gasteiger partial charge on any atom is 0.255 e. The number of halogens is 1. The summed E-state index contributed by atoms with van der Waals surface area (Å²) in [4.78, 5) is 12.1. The summed E-state index contributed by atoms with van der Waals surface area (Å²) in [6, 6.07) is 4.10. The van der Waals surface area contributed by atoms with Crippen LogP contribution in [0.25, 0.3) is 0 Å². The lowest BCUT2D eigenvalue weighted by Gasteiger charge is -2.20. The number of phenolic OH excluding ortho intramolecular Hbond substituents is 1. The van der Waals surface area contributed by atoms with E-state index < -0.39 is 5.91 Å². The molecule has 2 rings (SSSR count). The van der Waals surface area contributed by atoms with Gasteiger partial charge in [-0.05, 0) is 31.0 Å². The SMILES string of the molecule is NC(=NO)C1CCCC1NC(=O)c1ccc(Cl)cc1O. The molecular formula is C13H16ClN3O3. The number of rotatable bonds is 3. The number of amidine groups is 1. The lowest BCUT2D eigenvalue weighted by atomic mass is 10.0. The van der Waals surface area contributed by atoms with E-state index >= 15 is 0 Å². The molecule has 108 valence electrons. The summed E-state index contributed by atoms with van der Waals surface area (Å²) in [7, 11) is 0. The fourth-order valence-electron chi connectivity index (χ4n) is 2.50. The number of hydrogen-bond donors (Lipinski definition) is 4. The molecule has 6 nitrogen and oxygen atoms in total. The van der Waals surface area contributed by atoms with Crippen molar-refractivity contribution in [3.8, 4) is 5.75 Å². The van der Waals surface area contributed by atoms with E-state index in [0.717, 1.165) is 19.3 Å². The van der Waals surface area contributed by atoms with Crippen LogP contribution in [0.3, 0.4) is 0 Å². The smallest absolute Gasteiger partial charge is 0.255 e. The third-order valence-electron chi connectivity index (χ3n) is 3.53. The van der Waals surface area contributed by atoms with Gasteiger partial charge in [0.2, 0.25) is 0 Å². The molecule has 7 heteroatoms. The molecule has 1 fully saturated rings. The van der Waals surface area contributed by atoms with Gasteiger partial charge in [-0.1, -0.05) is 23.2 Å². The summed E-state index contributed by atoms with van der Waals surface area (Å²) in [5.41, 5.74) is 5.77. The summed E-state index contributed by atoms with van der Waals surface area (Å²) >= 11 is 5.72. The molecular weight excluding hydrogens is 282 g/mol. The van der Waals surface area contributed by atoms with Gasteiger partial charge < -0.3 is 21.4 Å². The Bertz CT molecular complexity index is 548. The number of oxime groups is 1. The molecule has 2 atom stereocenters. The first-order chi connectivity index (χ1) is 9.52. The number of carbonyl (C=O) groups is 1. The fraction of sp³-hybridized carbons (Fsp3) is 0.385. The Balaban J connectivity index is 2.11. The van der Waals surface area contributed by atoms with E-state index in [2.05, 4.69) is 10.5 Å². The van der Waals surface area contributed by atoms with E-state index in [0.29, 0.717) is 5.02 Å². The van der Waals surface area contributed by atoms with Gasteiger partial charge in [0.05, 0.1) is 5.56 Å².